The van der Waals surface area contributed by atoms with Crippen LogP contribution in [0.2, 0.25) is 0 Å². The number of Topliss-reactive ketones (excluding diaryl/α,β-unsaturated/α-hetero) is 1. The number of carbonyl (C=O) groups is 2. The molecule has 0 unspecified atom stereocenters. The second-order valence-corrected chi connectivity index (χ2v) is 4.37. The maximum atomic E-state index is 12.8. The van der Waals surface area contributed by atoms with Crippen LogP contribution < -0.4 is 4.73 Å². The van der Waals surface area contributed by atoms with E-state index in [1.807, 2.05) is 0 Å². The molecular formula is C15H12FNO4. The Morgan fingerprint density at radius 3 is 2.24 bits per heavy atom. The molecule has 0 aliphatic rings. The molecule has 1 heterocycles. The highest BCUT2D eigenvalue weighted by Crippen LogP contribution is 2.10. The van der Waals surface area contributed by atoms with E-state index in [4.69, 9.17) is 4.74 Å². The fourth-order valence-electron chi connectivity index (χ4n) is 1.68. The van der Waals surface area contributed by atoms with Gasteiger partial charge in [-0.05, 0) is 31.2 Å². The number of rotatable bonds is 4. The third-order valence-electron chi connectivity index (χ3n) is 2.82. The number of ketones is 1. The number of carbonyl (C=O) groups excluding carboxylic acids is 2. The van der Waals surface area contributed by atoms with Crippen LogP contribution in [-0.2, 0) is 4.74 Å². The van der Waals surface area contributed by atoms with Crippen molar-refractivity contribution in [3.63, 3.8) is 0 Å². The van der Waals surface area contributed by atoms with Crippen molar-refractivity contribution in [2.24, 2.45) is 0 Å². The van der Waals surface area contributed by atoms with E-state index in [0.29, 0.717) is 4.73 Å². The van der Waals surface area contributed by atoms with E-state index in [2.05, 4.69) is 0 Å². The molecule has 6 heteroatoms. The van der Waals surface area contributed by atoms with Crippen LogP contribution in [0.5, 0.6) is 0 Å². The second-order valence-electron chi connectivity index (χ2n) is 4.37. The summed E-state index contributed by atoms with van der Waals surface area (Å²) in [5.41, 5.74) is 0.419. The summed E-state index contributed by atoms with van der Waals surface area (Å²) in [5.74, 6) is -1.59. The first-order valence-electron chi connectivity index (χ1n) is 6.17. The minimum atomic E-state index is -1.01. The van der Waals surface area contributed by atoms with E-state index in [-0.39, 0.29) is 11.1 Å². The molecule has 1 aromatic heterocycles. The van der Waals surface area contributed by atoms with Crippen LogP contribution in [0, 0.1) is 11.0 Å². The monoisotopic (exact) mass is 289 g/mol. The highest BCUT2D eigenvalue weighted by Gasteiger charge is 2.20. The summed E-state index contributed by atoms with van der Waals surface area (Å²) in [5, 5.41) is 10.9. The lowest BCUT2D eigenvalue weighted by Gasteiger charge is -2.12. The second kappa shape index (κ2) is 6.13. The fourth-order valence-corrected chi connectivity index (χ4v) is 1.68. The van der Waals surface area contributed by atoms with Gasteiger partial charge in [0.05, 0.1) is 5.56 Å². The van der Waals surface area contributed by atoms with Crippen LogP contribution in [-0.4, -0.2) is 17.9 Å². The Hall–Kier alpha value is -2.76. The van der Waals surface area contributed by atoms with E-state index in [0.717, 1.165) is 24.5 Å². The standard InChI is InChI=1S/C15H12FNO4/c1-10(14(18)11-2-4-13(16)5-3-11)21-15(19)12-6-8-17(20)9-7-12/h2-10H,1H3/t10-/m0/s1. The van der Waals surface area contributed by atoms with E-state index < -0.39 is 23.7 Å². The van der Waals surface area contributed by atoms with Crippen molar-refractivity contribution >= 4 is 11.8 Å². The lowest BCUT2D eigenvalue weighted by Crippen LogP contribution is -2.27. The third-order valence-corrected chi connectivity index (χ3v) is 2.82. The van der Waals surface area contributed by atoms with Crippen molar-refractivity contribution in [3.8, 4) is 0 Å². The number of nitrogens with zero attached hydrogens (tertiary/aromatic N) is 1. The molecule has 5 nitrogen and oxygen atoms in total. The van der Waals surface area contributed by atoms with E-state index in [9.17, 15) is 19.2 Å². The highest BCUT2D eigenvalue weighted by molar-refractivity contribution is 6.01. The Bertz CT molecular complexity index is 652. The number of pyridine rings is 1. The van der Waals surface area contributed by atoms with Crippen LogP contribution >= 0.6 is 0 Å². The summed E-state index contributed by atoms with van der Waals surface area (Å²) in [7, 11) is 0. The molecule has 0 radical (unpaired) electrons. The van der Waals surface area contributed by atoms with Crippen molar-refractivity contribution in [2.75, 3.05) is 0 Å². The summed E-state index contributed by atoms with van der Waals surface area (Å²) in [4.78, 5) is 23.8. The minimum absolute atomic E-state index is 0.167. The maximum absolute atomic E-state index is 12.8. The van der Waals surface area contributed by atoms with E-state index in [1.54, 1.807) is 0 Å². The molecule has 0 N–H and O–H groups in total. The lowest BCUT2D eigenvalue weighted by atomic mass is 10.1. The first kappa shape index (κ1) is 14.6. The summed E-state index contributed by atoms with van der Waals surface area (Å²) in [6.45, 7) is 1.43. The molecule has 0 bridgehead atoms. The normalized spacial score (nSPS) is 11.7. The fraction of sp³-hybridized carbons (Fsp3) is 0.133. The Kier molecular flexibility index (Phi) is 4.27. The molecular weight excluding hydrogens is 277 g/mol. The van der Waals surface area contributed by atoms with Crippen LogP contribution in [0.15, 0.2) is 48.8 Å². The van der Waals surface area contributed by atoms with Crippen LogP contribution in [0.1, 0.15) is 27.6 Å². The van der Waals surface area contributed by atoms with Gasteiger partial charge < -0.3 is 9.94 Å². The van der Waals surface area contributed by atoms with Crippen molar-refractivity contribution in [1.29, 1.82) is 0 Å². The molecule has 2 aromatic rings. The zero-order valence-corrected chi connectivity index (χ0v) is 11.2. The Balaban J connectivity index is 2.05. The molecule has 0 aliphatic heterocycles. The van der Waals surface area contributed by atoms with E-state index in [1.165, 1.54) is 31.2 Å². The molecule has 1 aromatic carbocycles. The summed E-state index contributed by atoms with van der Waals surface area (Å²) in [6, 6.07) is 7.56. The van der Waals surface area contributed by atoms with Crippen molar-refractivity contribution in [2.45, 2.75) is 13.0 Å². The number of halogens is 1. The average molecular weight is 289 g/mol. The van der Waals surface area contributed by atoms with Gasteiger partial charge in [-0.15, -0.1) is 0 Å². The minimum Gasteiger partial charge on any atom is -0.619 e. The molecule has 0 amide bonds. The largest absolute Gasteiger partial charge is 0.619 e. The molecule has 21 heavy (non-hydrogen) atoms. The number of hydrogen-bond donors (Lipinski definition) is 0. The maximum Gasteiger partial charge on any atom is 0.339 e. The smallest absolute Gasteiger partial charge is 0.339 e. The molecule has 2 rings (SSSR count). The topological polar surface area (TPSA) is 70.3 Å². The van der Waals surface area contributed by atoms with Gasteiger partial charge in [-0.1, -0.05) is 0 Å². The first-order chi connectivity index (χ1) is 9.97. The number of hydrogen-bond acceptors (Lipinski definition) is 4. The van der Waals surface area contributed by atoms with Crippen molar-refractivity contribution < 1.29 is 23.4 Å². The predicted octanol–water partition coefficient (Wildman–Crippen LogP) is 1.89. The van der Waals surface area contributed by atoms with Crippen LogP contribution in [0.3, 0.4) is 0 Å². The number of esters is 1. The summed E-state index contributed by atoms with van der Waals surface area (Å²) in [6.07, 6.45) is 1.30. The van der Waals surface area contributed by atoms with Gasteiger partial charge in [-0.25, -0.2) is 9.18 Å². The molecule has 0 saturated heterocycles. The Morgan fingerprint density at radius 1 is 1.10 bits per heavy atom. The predicted molar refractivity (Wildman–Crippen MR) is 71.0 cm³/mol. The highest BCUT2D eigenvalue weighted by atomic mass is 19.1. The van der Waals surface area contributed by atoms with Crippen molar-refractivity contribution in [1.82, 2.24) is 0 Å². The molecule has 0 saturated carbocycles. The Labute approximate surface area is 120 Å². The molecule has 0 fully saturated rings. The number of benzene rings is 1. The van der Waals surface area contributed by atoms with Gasteiger partial charge in [0.15, 0.2) is 18.5 Å². The van der Waals surface area contributed by atoms with Gasteiger partial charge >= 0.3 is 5.97 Å². The average Bonchev–Trinajstić information content (AvgIpc) is 2.47. The van der Waals surface area contributed by atoms with Crippen molar-refractivity contribution in [3.05, 3.63) is 70.9 Å². The van der Waals surface area contributed by atoms with Gasteiger partial charge in [0.2, 0.25) is 5.78 Å². The van der Waals surface area contributed by atoms with Gasteiger partial charge in [0.1, 0.15) is 5.82 Å². The zero-order chi connectivity index (χ0) is 15.4. The van der Waals surface area contributed by atoms with Gasteiger partial charge in [0, 0.05) is 17.7 Å². The third kappa shape index (κ3) is 3.62. The van der Waals surface area contributed by atoms with E-state index >= 15 is 0 Å². The van der Waals surface area contributed by atoms with Gasteiger partial charge in [-0.3, -0.25) is 4.79 Å². The summed E-state index contributed by atoms with van der Waals surface area (Å²) >= 11 is 0. The quantitative estimate of drug-likeness (QED) is 0.373. The summed E-state index contributed by atoms with van der Waals surface area (Å²) < 4.78 is 18.4. The molecule has 108 valence electrons. The SMILES string of the molecule is C[C@H](OC(=O)c1cc[n+]([O-])cc1)C(=O)c1ccc(F)cc1. The molecule has 0 aliphatic carbocycles. The first-order valence-corrected chi connectivity index (χ1v) is 6.17. The van der Waals surface area contributed by atoms with Gasteiger partial charge in [0.25, 0.3) is 0 Å². The zero-order valence-electron chi connectivity index (χ0n) is 11.2. The van der Waals surface area contributed by atoms with Crippen LogP contribution in [0.4, 0.5) is 4.39 Å². The van der Waals surface area contributed by atoms with Crippen LogP contribution in [0.25, 0.3) is 0 Å². The number of ether oxygens (including phenoxy) is 1. The number of aromatic nitrogens is 1. The molecule has 0 spiro atoms. The Morgan fingerprint density at radius 2 is 1.67 bits per heavy atom. The lowest BCUT2D eigenvalue weighted by molar-refractivity contribution is -0.605. The van der Waals surface area contributed by atoms with Gasteiger partial charge in [-0.2, -0.15) is 4.73 Å². The molecule has 1 atom stereocenters.